The molecule has 0 unspecified atom stereocenters. The van der Waals surface area contributed by atoms with Gasteiger partial charge in [-0.05, 0) is 13.0 Å². The van der Waals surface area contributed by atoms with Gasteiger partial charge in [-0.25, -0.2) is 8.78 Å². The van der Waals surface area contributed by atoms with Gasteiger partial charge in [0, 0.05) is 5.69 Å². The molecular weight excluding hydrogens is 152 g/mol. The normalized spacial score (nSPS) is 10.5. The first kappa shape index (κ1) is 7.91. The Labute approximate surface area is 62.5 Å². The van der Waals surface area contributed by atoms with E-state index in [0.29, 0.717) is 5.69 Å². The van der Waals surface area contributed by atoms with Gasteiger partial charge in [-0.3, -0.25) is 4.98 Å². The molecule has 2 nitrogen and oxygen atoms in total. The summed E-state index contributed by atoms with van der Waals surface area (Å²) in [6, 6.07) is 1.17. The SMILES string of the molecule is Cc1cc(C(F)F)c(O)cn1. The highest BCUT2D eigenvalue weighted by molar-refractivity contribution is 5.31. The molecule has 1 aromatic heterocycles. The molecule has 60 valence electrons. The Morgan fingerprint density at radius 3 is 2.64 bits per heavy atom. The van der Waals surface area contributed by atoms with E-state index in [1.807, 2.05) is 0 Å². The van der Waals surface area contributed by atoms with Crippen LogP contribution in [0.15, 0.2) is 12.3 Å². The zero-order valence-corrected chi connectivity index (χ0v) is 5.88. The Balaban J connectivity index is 3.13. The Morgan fingerprint density at radius 1 is 1.55 bits per heavy atom. The van der Waals surface area contributed by atoms with Gasteiger partial charge in [0.15, 0.2) is 0 Å². The maximum Gasteiger partial charge on any atom is 0.267 e. The van der Waals surface area contributed by atoms with Gasteiger partial charge in [-0.2, -0.15) is 0 Å². The first-order valence-electron chi connectivity index (χ1n) is 3.05. The molecule has 0 aliphatic carbocycles. The number of rotatable bonds is 1. The second kappa shape index (κ2) is 2.82. The van der Waals surface area contributed by atoms with E-state index < -0.39 is 12.2 Å². The molecule has 0 saturated heterocycles. The number of aromatic hydroxyl groups is 1. The van der Waals surface area contributed by atoms with E-state index in [0.717, 1.165) is 6.20 Å². The van der Waals surface area contributed by atoms with E-state index in [4.69, 9.17) is 5.11 Å². The molecule has 11 heavy (non-hydrogen) atoms. The second-order valence-corrected chi connectivity index (χ2v) is 2.19. The van der Waals surface area contributed by atoms with Crippen molar-refractivity contribution >= 4 is 0 Å². The van der Waals surface area contributed by atoms with Gasteiger partial charge in [0.05, 0.1) is 11.8 Å². The molecule has 1 heterocycles. The highest BCUT2D eigenvalue weighted by atomic mass is 19.3. The molecular formula is C7H7F2NO. The number of aryl methyl sites for hydroxylation is 1. The van der Waals surface area contributed by atoms with Crippen molar-refractivity contribution in [1.29, 1.82) is 0 Å². The second-order valence-electron chi connectivity index (χ2n) is 2.19. The van der Waals surface area contributed by atoms with E-state index in [9.17, 15) is 8.78 Å². The lowest BCUT2D eigenvalue weighted by molar-refractivity contribution is 0.147. The molecule has 0 radical (unpaired) electrons. The molecule has 1 aromatic rings. The third-order valence-corrected chi connectivity index (χ3v) is 1.29. The smallest absolute Gasteiger partial charge is 0.267 e. The van der Waals surface area contributed by atoms with Crippen molar-refractivity contribution in [1.82, 2.24) is 4.98 Å². The van der Waals surface area contributed by atoms with Crippen molar-refractivity contribution in [3.63, 3.8) is 0 Å². The third kappa shape index (κ3) is 1.63. The van der Waals surface area contributed by atoms with Crippen molar-refractivity contribution in [2.24, 2.45) is 0 Å². The average molecular weight is 159 g/mol. The molecule has 0 atom stereocenters. The lowest BCUT2D eigenvalue weighted by Gasteiger charge is -2.02. The number of halogens is 2. The first-order valence-corrected chi connectivity index (χ1v) is 3.05. The molecule has 1 rings (SSSR count). The quantitative estimate of drug-likeness (QED) is 0.680. The van der Waals surface area contributed by atoms with Crippen molar-refractivity contribution in [3.8, 4) is 5.75 Å². The zero-order chi connectivity index (χ0) is 8.43. The average Bonchev–Trinajstić information content (AvgIpc) is 1.94. The summed E-state index contributed by atoms with van der Waals surface area (Å²) >= 11 is 0. The molecule has 0 bridgehead atoms. The largest absolute Gasteiger partial charge is 0.506 e. The van der Waals surface area contributed by atoms with E-state index in [1.54, 1.807) is 6.92 Å². The third-order valence-electron chi connectivity index (χ3n) is 1.29. The van der Waals surface area contributed by atoms with Crippen LogP contribution in [0.1, 0.15) is 17.7 Å². The number of aromatic nitrogens is 1. The minimum atomic E-state index is -2.64. The fourth-order valence-electron chi connectivity index (χ4n) is 0.749. The summed E-state index contributed by atoms with van der Waals surface area (Å²) < 4.78 is 24.0. The van der Waals surface area contributed by atoms with Crippen LogP contribution in [0.4, 0.5) is 8.78 Å². The molecule has 0 fully saturated rings. The highest BCUT2D eigenvalue weighted by Crippen LogP contribution is 2.27. The summed E-state index contributed by atoms with van der Waals surface area (Å²) in [6.45, 7) is 1.59. The van der Waals surface area contributed by atoms with Gasteiger partial charge < -0.3 is 5.11 Å². The fraction of sp³-hybridized carbons (Fsp3) is 0.286. The van der Waals surface area contributed by atoms with Crippen LogP contribution in [0.2, 0.25) is 0 Å². The topological polar surface area (TPSA) is 33.1 Å². The Kier molecular flexibility index (Phi) is 2.03. The lowest BCUT2D eigenvalue weighted by atomic mass is 10.2. The Hall–Kier alpha value is -1.19. The summed E-state index contributed by atoms with van der Waals surface area (Å²) in [6.07, 6.45) is -1.62. The maximum absolute atomic E-state index is 12.0. The van der Waals surface area contributed by atoms with E-state index in [2.05, 4.69) is 4.98 Å². The van der Waals surface area contributed by atoms with Crippen LogP contribution in [0.5, 0.6) is 5.75 Å². The van der Waals surface area contributed by atoms with Crippen LogP contribution in [0.3, 0.4) is 0 Å². The maximum atomic E-state index is 12.0. The van der Waals surface area contributed by atoms with Gasteiger partial charge in [0.2, 0.25) is 0 Å². The standard InChI is InChI=1S/C7H7F2NO/c1-4-2-5(7(8)9)6(11)3-10-4/h2-3,7,11H,1H3. The van der Waals surface area contributed by atoms with Gasteiger partial charge in [-0.15, -0.1) is 0 Å². The molecule has 4 heteroatoms. The van der Waals surface area contributed by atoms with E-state index in [-0.39, 0.29) is 5.56 Å². The number of alkyl halides is 2. The lowest BCUT2D eigenvalue weighted by Crippen LogP contribution is -1.88. The molecule has 0 saturated carbocycles. The Morgan fingerprint density at radius 2 is 2.18 bits per heavy atom. The predicted octanol–water partition coefficient (Wildman–Crippen LogP) is 2.03. The molecule has 1 N–H and O–H groups in total. The molecule has 0 amide bonds. The van der Waals surface area contributed by atoms with Crippen LogP contribution >= 0.6 is 0 Å². The number of nitrogens with zero attached hydrogens (tertiary/aromatic N) is 1. The molecule has 0 aromatic carbocycles. The number of hydrogen-bond acceptors (Lipinski definition) is 2. The van der Waals surface area contributed by atoms with Crippen molar-refractivity contribution in [2.75, 3.05) is 0 Å². The van der Waals surface area contributed by atoms with Crippen molar-refractivity contribution in [2.45, 2.75) is 13.3 Å². The van der Waals surface area contributed by atoms with Crippen LogP contribution in [0, 0.1) is 6.92 Å². The monoisotopic (exact) mass is 159 g/mol. The highest BCUT2D eigenvalue weighted by Gasteiger charge is 2.12. The Bertz CT molecular complexity index is 263. The minimum absolute atomic E-state index is 0.363. The van der Waals surface area contributed by atoms with Crippen LogP contribution in [-0.4, -0.2) is 10.1 Å². The van der Waals surface area contributed by atoms with Gasteiger partial charge >= 0.3 is 0 Å². The van der Waals surface area contributed by atoms with Gasteiger partial charge in [0.25, 0.3) is 6.43 Å². The number of pyridine rings is 1. The van der Waals surface area contributed by atoms with Crippen molar-refractivity contribution in [3.05, 3.63) is 23.5 Å². The van der Waals surface area contributed by atoms with Gasteiger partial charge in [0.1, 0.15) is 5.75 Å². The minimum Gasteiger partial charge on any atom is -0.506 e. The molecule has 0 spiro atoms. The van der Waals surface area contributed by atoms with Crippen molar-refractivity contribution < 1.29 is 13.9 Å². The molecule has 0 aliphatic rings. The fourth-order valence-corrected chi connectivity index (χ4v) is 0.749. The summed E-state index contributed by atoms with van der Waals surface area (Å²) in [5.41, 5.74) is 0.107. The summed E-state index contributed by atoms with van der Waals surface area (Å²) in [5, 5.41) is 8.86. The first-order chi connectivity index (χ1) is 5.11. The predicted molar refractivity (Wildman–Crippen MR) is 35.6 cm³/mol. The van der Waals surface area contributed by atoms with Crippen LogP contribution in [0.25, 0.3) is 0 Å². The number of hydrogen-bond donors (Lipinski definition) is 1. The van der Waals surface area contributed by atoms with E-state index in [1.165, 1.54) is 6.07 Å². The van der Waals surface area contributed by atoms with Crippen LogP contribution < -0.4 is 0 Å². The van der Waals surface area contributed by atoms with Crippen LogP contribution in [-0.2, 0) is 0 Å². The summed E-state index contributed by atoms with van der Waals surface area (Å²) in [4.78, 5) is 3.64. The van der Waals surface area contributed by atoms with E-state index >= 15 is 0 Å². The molecule has 0 aliphatic heterocycles. The zero-order valence-electron chi connectivity index (χ0n) is 5.88. The summed E-state index contributed by atoms with van der Waals surface area (Å²) in [5.74, 6) is -0.453. The summed E-state index contributed by atoms with van der Waals surface area (Å²) in [7, 11) is 0. The van der Waals surface area contributed by atoms with Gasteiger partial charge in [-0.1, -0.05) is 0 Å².